The molecule has 1 aromatic heterocycles. The quantitative estimate of drug-likeness (QED) is 0.928. The van der Waals surface area contributed by atoms with Gasteiger partial charge in [0, 0.05) is 5.02 Å². The SMILES string of the molecule is CCCC(N)c1cn(-c2cc(F)cc(Cl)c2)nn1. The molecule has 2 N–H and O–H groups in total. The van der Waals surface area contributed by atoms with E-state index < -0.39 is 5.82 Å². The standard InChI is InChI=1S/C12H14ClFN4/c1-2-3-11(15)12-7-18(17-16-12)10-5-8(13)4-9(14)6-10/h4-7,11H,2-3,15H2,1H3. The van der Waals surface area contributed by atoms with E-state index in [4.69, 9.17) is 17.3 Å². The summed E-state index contributed by atoms with van der Waals surface area (Å²) < 4.78 is 14.7. The van der Waals surface area contributed by atoms with Crippen molar-refractivity contribution >= 4 is 11.6 Å². The number of hydrogen-bond donors (Lipinski definition) is 1. The molecule has 0 aliphatic heterocycles. The van der Waals surface area contributed by atoms with Crippen molar-refractivity contribution < 1.29 is 4.39 Å². The van der Waals surface area contributed by atoms with Gasteiger partial charge in [0.2, 0.25) is 0 Å². The first-order valence-electron chi connectivity index (χ1n) is 5.74. The molecule has 0 radical (unpaired) electrons. The van der Waals surface area contributed by atoms with Crippen LogP contribution in [0.25, 0.3) is 5.69 Å². The predicted octanol–water partition coefficient (Wildman–Crippen LogP) is 2.86. The molecular formula is C12H14ClFN4. The van der Waals surface area contributed by atoms with Gasteiger partial charge in [-0.3, -0.25) is 0 Å². The molecule has 2 rings (SSSR count). The lowest BCUT2D eigenvalue weighted by Gasteiger charge is -2.04. The monoisotopic (exact) mass is 268 g/mol. The number of halogens is 2. The molecule has 1 atom stereocenters. The van der Waals surface area contributed by atoms with Crippen molar-refractivity contribution in [1.82, 2.24) is 15.0 Å². The fourth-order valence-corrected chi connectivity index (χ4v) is 1.92. The summed E-state index contributed by atoms with van der Waals surface area (Å²) in [5.41, 5.74) is 7.16. The molecule has 0 fully saturated rings. The summed E-state index contributed by atoms with van der Waals surface area (Å²) in [6.45, 7) is 2.05. The van der Waals surface area contributed by atoms with Gasteiger partial charge in [0.05, 0.1) is 23.6 Å². The zero-order chi connectivity index (χ0) is 13.1. The molecule has 2 aromatic rings. The van der Waals surface area contributed by atoms with Gasteiger partial charge in [-0.15, -0.1) is 5.10 Å². The second kappa shape index (κ2) is 5.46. The molecule has 0 amide bonds. The molecule has 0 saturated carbocycles. The summed E-state index contributed by atoms with van der Waals surface area (Å²) in [4.78, 5) is 0. The minimum Gasteiger partial charge on any atom is -0.323 e. The van der Waals surface area contributed by atoms with Crippen molar-refractivity contribution in [2.75, 3.05) is 0 Å². The van der Waals surface area contributed by atoms with E-state index in [2.05, 4.69) is 17.2 Å². The molecular weight excluding hydrogens is 255 g/mol. The van der Waals surface area contributed by atoms with Gasteiger partial charge in [-0.2, -0.15) is 0 Å². The van der Waals surface area contributed by atoms with E-state index in [-0.39, 0.29) is 6.04 Å². The van der Waals surface area contributed by atoms with Gasteiger partial charge in [0.1, 0.15) is 5.82 Å². The molecule has 0 bridgehead atoms. The van der Waals surface area contributed by atoms with Gasteiger partial charge in [-0.05, 0) is 24.6 Å². The van der Waals surface area contributed by atoms with E-state index >= 15 is 0 Å². The maximum atomic E-state index is 13.2. The normalized spacial score (nSPS) is 12.7. The first-order valence-corrected chi connectivity index (χ1v) is 6.12. The fourth-order valence-electron chi connectivity index (χ4n) is 1.70. The zero-order valence-electron chi connectivity index (χ0n) is 9.98. The van der Waals surface area contributed by atoms with Gasteiger partial charge in [0.25, 0.3) is 0 Å². The molecule has 6 heteroatoms. The second-order valence-electron chi connectivity index (χ2n) is 4.11. The molecule has 1 aromatic carbocycles. The lowest BCUT2D eigenvalue weighted by molar-refractivity contribution is 0.619. The fraction of sp³-hybridized carbons (Fsp3) is 0.333. The molecule has 0 aliphatic carbocycles. The van der Waals surface area contributed by atoms with E-state index in [0.717, 1.165) is 12.8 Å². The second-order valence-corrected chi connectivity index (χ2v) is 4.55. The summed E-state index contributed by atoms with van der Waals surface area (Å²) in [6, 6.07) is 4.06. The Morgan fingerprint density at radius 3 is 2.89 bits per heavy atom. The average molecular weight is 269 g/mol. The predicted molar refractivity (Wildman–Crippen MR) is 68.2 cm³/mol. The highest BCUT2D eigenvalue weighted by atomic mass is 35.5. The molecule has 96 valence electrons. The maximum absolute atomic E-state index is 13.2. The minimum atomic E-state index is -0.410. The Labute approximate surface area is 110 Å². The van der Waals surface area contributed by atoms with Crippen LogP contribution in [0.2, 0.25) is 5.02 Å². The third-order valence-corrected chi connectivity index (χ3v) is 2.82. The van der Waals surface area contributed by atoms with E-state index in [1.807, 2.05) is 0 Å². The van der Waals surface area contributed by atoms with E-state index in [1.165, 1.54) is 16.8 Å². The van der Waals surface area contributed by atoms with Crippen molar-refractivity contribution in [1.29, 1.82) is 0 Å². The Balaban J connectivity index is 2.29. The van der Waals surface area contributed by atoms with Gasteiger partial charge in [-0.1, -0.05) is 30.2 Å². The lowest BCUT2D eigenvalue weighted by Crippen LogP contribution is -2.10. The highest BCUT2D eigenvalue weighted by molar-refractivity contribution is 6.30. The largest absolute Gasteiger partial charge is 0.323 e. The molecule has 4 nitrogen and oxygen atoms in total. The van der Waals surface area contributed by atoms with Crippen molar-refractivity contribution in [2.45, 2.75) is 25.8 Å². The van der Waals surface area contributed by atoms with Crippen LogP contribution < -0.4 is 5.73 Å². The van der Waals surface area contributed by atoms with Gasteiger partial charge >= 0.3 is 0 Å². The lowest BCUT2D eigenvalue weighted by atomic mass is 10.1. The number of nitrogens with two attached hydrogens (primary N) is 1. The van der Waals surface area contributed by atoms with Crippen LogP contribution in [0.15, 0.2) is 24.4 Å². The van der Waals surface area contributed by atoms with Crippen molar-refractivity contribution in [2.24, 2.45) is 5.73 Å². The van der Waals surface area contributed by atoms with Crippen LogP contribution >= 0.6 is 11.6 Å². The number of hydrogen-bond acceptors (Lipinski definition) is 3. The Hall–Kier alpha value is -1.46. The van der Waals surface area contributed by atoms with Gasteiger partial charge in [-0.25, -0.2) is 9.07 Å². The molecule has 0 aliphatic rings. The molecule has 0 spiro atoms. The molecule has 0 saturated heterocycles. The first kappa shape index (κ1) is 13.0. The Morgan fingerprint density at radius 2 is 2.22 bits per heavy atom. The number of nitrogens with zero attached hydrogens (tertiary/aromatic N) is 3. The Morgan fingerprint density at radius 1 is 1.44 bits per heavy atom. The highest BCUT2D eigenvalue weighted by Gasteiger charge is 2.11. The Kier molecular flexibility index (Phi) is 3.93. The first-order chi connectivity index (χ1) is 8.60. The molecule has 1 heterocycles. The summed E-state index contributed by atoms with van der Waals surface area (Å²) in [5.74, 6) is -0.410. The molecule has 1 unspecified atom stereocenters. The van der Waals surface area contributed by atoms with E-state index in [0.29, 0.717) is 16.4 Å². The summed E-state index contributed by atoms with van der Waals surface area (Å²) in [5, 5.41) is 8.25. The van der Waals surface area contributed by atoms with Crippen molar-refractivity contribution in [3.8, 4) is 5.69 Å². The summed E-state index contributed by atoms with van der Waals surface area (Å²) in [6.07, 6.45) is 3.51. The van der Waals surface area contributed by atoms with Crippen LogP contribution in [0.1, 0.15) is 31.5 Å². The van der Waals surface area contributed by atoms with E-state index in [9.17, 15) is 4.39 Å². The zero-order valence-corrected chi connectivity index (χ0v) is 10.7. The third kappa shape index (κ3) is 2.86. The number of aromatic nitrogens is 3. The van der Waals surface area contributed by atoms with Crippen LogP contribution in [-0.2, 0) is 0 Å². The van der Waals surface area contributed by atoms with Crippen molar-refractivity contribution in [3.63, 3.8) is 0 Å². The number of rotatable bonds is 4. The van der Waals surface area contributed by atoms with Crippen LogP contribution in [0, 0.1) is 5.82 Å². The maximum Gasteiger partial charge on any atom is 0.126 e. The highest BCUT2D eigenvalue weighted by Crippen LogP contribution is 2.18. The van der Waals surface area contributed by atoms with Crippen molar-refractivity contribution in [3.05, 3.63) is 40.9 Å². The van der Waals surface area contributed by atoms with Crippen LogP contribution in [0.4, 0.5) is 4.39 Å². The molecule has 18 heavy (non-hydrogen) atoms. The Bertz CT molecular complexity index is 520. The van der Waals surface area contributed by atoms with Gasteiger partial charge < -0.3 is 5.73 Å². The average Bonchev–Trinajstić information content (AvgIpc) is 2.77. The smallest absolute Gasteiger partial charge is 0.126 e. The van der Waals surface area contributed by atoms with Crippen LogP contribution in [-0.4, -0.2) is 15.0 Å². The van der Waals surface area contributed by atoms with Gasteiger partial charge in [0.15, 0.2) is 0 Å². The summed E-state index contributed by atoms with van der Waals surface area (Å²) >= 11 is 5.79. The van der Waals surface area contributed by atoms with Crippen LogP contribution in [0.5, 0.6) is 0 Å². The van der Waals surface area contributed by atoms with Crippen LogP contribution in [0.3, 0.4) is 0 Å². The third-order valence-electron chi connectivity index (χ3n) is 2.60. The number of benzene rings is 1. The summed E-state index contributed by atoms with van der Waals surface area (Å²) in [7, 11) is 0. The van der Waals surface area contributed by atoms with E-state index in [1.54, 1.807) is 12.3 Å². The minimum absolute atomic E-state index is 0.146. The topological polar surface area (TPSA) is 56.7 Å².